The van der Waals surface area contributed by atoms with Crippen LogP contribution in [0, 0.1) is 11.2 Å². The van der Waals surface area contributed by atoms with Crippen LogP contribution >= 0.6 is 0 Å². The summed E-state index contributed by atoms with van der Waals surface area (Å²) in [6, 6.07) is 3.46. The van der Waals surface area contributed by atoms with E-state index < -0.39 is 5.91 Å². The van der Waals surface area contributed by atoms with Gasteiger partial charge in [0.1, 0.15) is 12.6 Å². The van der Waals surface area contributed by atoms with E-state index >= 15 is 0 Å². The molecule has 0 aliphatic carbocycles. The van der Waals surface area contributed by atoms with Gasteiger partial charge in [0.15, 0.2) is 12.4 Å². The third-order valence-corrected chi connectivity index (χ3v) is 1.22. The summed E-state index contributed by atoms with van der Waals surface area (Å²) in [5.41, 5.74) is 5.56. The zero-order chi connectivity index (χ0) is 10.3. The van der Waals surface area contributed by atoms with Gasteiger partial charge in [-0.1, -0.05) is 0 Å². The number of hydrogen-bond acceptors (Lipinski definition) is 2. The summed E-state index contributed by atoms with van der Waals surface area (Å²) in [6.07, 6.45) is 3.52. The normalized spacial score (nSPS) is 7.69. The van der Waals surface area contributed by atoms with Crippen LogP contribution in [0.5, 0.6) is 0 Å². The van der Waals surface area contributed by atoms with E-state index in [1.807, 2.05) is 13.2 Å². The summed E-state index contributed by atoms with van der Waals surface area (Å²) in [5.74, 6) is 0.858. The fourth-order valence-electron chi connectivity index (χ4n) is 0.734. The van der Waals surface area contributed by atoms with Crippen LogP contribution in [-0.2, 0) is 7.05 Å². The molecule has 2 radical (unpaired) electrons. The second-order valence-corrected chi connectivity index (χ2v) is 2.25. The number of carbonyl (C=O) groups is 1. The second-order valence-electron chi connectivity index (χ2n) is 2.25. The summed E-state index contributed by atoms with van der Waals surface area (Å²) in [7, 11) is 5.99. The van der Waals surface area contributed by atoms with Crippen molar-refractivity contribution in [1.29, 1.82) is 5.26 Å². The maximum absolute atomic E-state index is 10.6. The summed E-state index contributed by atoms with van der Waals surface area (Å²) in [4.78, 5) is 10.6. The SMILES string of the molecule is C[n+]1cccc(C(N)=O)c1.[B]C#N. The Labute approximate surface area is 78.0 Å². The van der Waals surface area contributed by atoms with Crippen molar-refractivity contribution in [2.24, 2.45) is 12.8 Å². The highest BCUT2D eigenvalue weighted by Crippen LogP contribution is 1.89. The minimum Gasteiger partial charge on any atom is -0.365 e. The molecule has 1 rings (SSSR count). The maximum atomic E-state index is 10.6. The van der Waals surface area contributed by atoms with Crippen LogP contribution in [0.4, 0.5) is 0 Å². The maximum Gasteiger partial charge on any atom is 0.254 e. The largest absolute Gasteiger partial charge is 0.365 e. The lowest BCUT2D eigenvalue weighted by Crippen LogP contribution is -2.28. The highest BCUT2D eigenvalue weighted by Gasteiger charge is 2.02. The van der Waals surface area contributed by atoms with Crippen molar-refractivity contribution in [3.05, 3.63) is 30.1 Å². The molecule has 0 atom stereocenters. The molecule has 0 unspecified atom stereocenters. The van der Waals surface area contributed by atoms with E-state index in [4.69, 9.17) is 11.0 Å². The van der Waals surface area contributed by atoms with Gasteiger partial charge in [0, 0.05) is 6.07 Å². The van der Waals surface area contributed by atoms with E-state index in [1.165, 1.54) is 5.97 Å². The van der Waals surface area contributed by atoms with Crippen LogP contribution < -0.4 is 10.3 Å². The number of aromatic nitrogens is 1. The van der Waals surface area contributed by atoms with Crippen LogP contribution in [0.3, 0.4) is 0 Å². The number of carbonyl (C=O) groups excluding carboxylic acids is 1. The Morgan fingerprint density at radius 3 is 2.62 bits per heavy atom. The summed E-state index contributed by atoms with van der Waals surface area (Å²) in [5, 5.41) is 7.10. The number of nitrogens with zero attached hydrogens (tertiary/aromatic N) is 2. The molecule has 0 aliphatic rings. The Hall–Kier alpha value is -1.83. The number of aryl methyl sites for hydroxylation is 1. The van der Waals surface area contributed by atoms with Crippen LogP contribution in [0.25, 0.3) is 0 Å². The van der Waals surface area contributed by atoms with Crippen molar-refractivity contribution in [3.63, 3.8) is 0 Å². The predicted octanol–water partition coefficient (Wildman–Crippen LogP) is -0.754. The Morgan fingerprint density at radius 2 is 2.31 bits per heavy atom. The predicted molar refractivity (Wildman–Crippen MR) is 47.5 cm³/mol. The zero-order valence-corrected chi connectivity index (χ0v) is 7.27. The minimum atomic E-state index is -0.392. The van der Waals surface area contributed by atoms with Crippen molar-refractivity contribution in [3.8, 4) is 5.97 Å². The van der Waals surface area contributed by atoms with Gasteiger partial charge >= 0.3 is 0 Å². The summed E-state index contributed by atoms with van der Waals surface area (Å²) < 4.78 is 1.78. The van der Waals surface area contributed by atoms with E-state index in [0.29, 0.717) is 5.56 Å². The Morgan fingerprint density at radius 1 is 1.77 bits per heavy atom. The minimum absolute atomic E-state index is 0.392. The molecule has 64 valence electrons. The molecule has 0 spiro atoms. The molecule has 0 fully saturated rings. The molecule has 0 aliphatic heterocycles. The van der Waals surface area contributed by atoms with Crippen LogP contribution in [0.2, 0.25) is 0 Å². The van der Waals surface area contributed by atoms with E-state index in [0.717, 1.165) is 0 Å². The van der Waals surface area contributed by atoms with Crippen molar-refractivity contribution in [1.82, 2.24) is 0 Å². The van der Waals surface area contributed by atoms with Gasteiger partial charge < -0.3 is 5.73 Å². The van der Waals surface area contributed by atoms with E-state index in [1.54, 1.807) is 22.9 Å². The quantitative estimate of drug-likeness (QED) is 0.449. The number of hydrogen-bond donors (Lipinski definition) is 1. The highest BCUT2D eigenvalue weighted by atomic mass is 16.1. The lowest BCUT2D eigenvalue weighted by molar-refractivity contribution is -0.671. The lowest BCUT2D eigenvalue weighted by atomic mass is 10.2. The highest BCUT2D eigenvalue weighted by molar-refractivity contribution is 6.20. The number of primary amides is 1. The van der Waals surface area contributed by atoms with Gasteiger partial charge in [0.25, 0.3) is 5.91 Å². The average Bonchev–Trinajstić information content (AvgIpc) is 2.05. The number of nitrogens with two attached hydrogens (primary N) is 1. The van der Waals surface area contributed by atoms with Gasteiger partial charge in [0.05, 0.1) is 0 Å². The topological polar surface area (TPSA) is 70.8 Å². The molecule has 4 nitrogen and oxygen atoms in total. The van der Waals surface area contributed by atoms with Crippen LogP contribution in [0.1, 0.15) is 10.4 Å². The molecule has 0 bridgehead atoms. The molecule has 0 saturated carbocycles. The van der Waals surface area contributed by atoms with Crippen LogP contribution in [-0.4, -0.2) is 13.8 Å². The zero-order valence-electron chi connectivity index (χ0n) is 7.27. The van der Waals surface area contributed by atoms with Crippen molar-refractivity contribution in [2.45, 2.75) is 0 Å². The summed E-state index contributed by atoms with van der Waals surface area (Å²) in [6.45, 7) is 0. The van der Waals surface area contributed by atoms with Crippen molar-refractivity contribution in [2.75, 3.05) is 0 Å². The van der Waals surface area contributed by atoms with Gasteiger partial charge in [-0.3, -0.25) is 4.79 Å². The molecular weight excluding hydrogens is 165 g/mol. The number of amides is 1. The summed E-state index contributed by atoms with van der Waals surface area (Å²) >= 11 is 0. The van der Waals surface area contributed by atoms with Crippen molar-refractivity contribution < 1.29 is 9.36 Å². The first-order chi connectivity index (χ1) is 6.11. The number of pyridine rings is 1. The Kier molecular flexibility index (Phi) is 4.97. The van der Waals surface area contributed by atoms with Gasteiger partial charge in [-0.15, -0.1) is 0 Å². The molecule has 0 aromatic carbocycles. The Balaban J connectivity index is 0.000000424. The second kappa shape index (κ2) is 5.78. The van der Waals surface area contributed by atoms with E-state index in [2.05, 4.69) is 7.85 Å². The van der Waals surface area contributed by atoms with Crippen LogP contribution in [0.15, 0.2) is 24.5 Å². The van der Waals surface area contributed by atoms with Crippen molar-refractivity contribution >= 4 is 13.8 Å². The molecule has 0 saturated heterocycles. The van der Waals surface area contributed by atoms with Gasteiger partial charge in [-0.2, -0.15) is 0 Å². The monoisotopic (exact) mass is 174 g/mol. The fourth-order valence-corrected chi connectivity index (χ4v) is 0.734. The third-order valence-electron chi connectivity index (χ3n) is 1.22. The lowest BCUT2D eigenvalue weighted by Gasteiger charge is -1.89. The number of nitriles is 1. The first kappa shape index (κ1) is 11.2. The molecule has 5 heteroatoms. The molecule has 1 heterocycles. The molecule has 1 amide bonds. The molecule has 13 heavy (non-hydrogen) atoms. The fraction of sp³-hybridized carbons (Fsp3) is 0.125. The first-order valence-corrected chi connectivity index (χ1v) is 3.46. The Bertz CT molecular complexity index is 332. The molecule has 1 aromatic rings. The van der Waals surface area contributed by atoms with Gasteiger partial charge in [-0.05, 0) is 12.0 Å². The van der Waals surface area contributed by atoms with E-state index in [-0.39, 0.29) is 0 Å². The molecule has 2 N–H and O–H groups in total. The standard InChI is InChI=1S/C7H8N2O.CBN/c1-9-4-2-3-6(5-9)7(8)10;2-1-3/h2-5H,1H3,(H-,8,10);/p+1. The number of rotatable bonds is 1. The molecular formula is C8H9BN3O+. The average molecular weight is 174 g/mol. The smallest absolute Gasteiger partial charge is 0.254 e. The third kappa shape index (κ3) is 4.59. The van der Waals surface area contributed by atoms with E-state index in [9.17, 15) is 4.79 Å². The van der Waals surface area contributed by atoms with Gasteiger partial charge in [0.2, 0.25) is 7.85 Å². The molecule has 1 aromatic heterocycles. The van der Waals surface area contributed by atoms with Gasteiger partial charge in [-0.25, -0.2) is 9.83 Å². The first-order valence-electron chi connectivity index (χ1n) is 3.46.